The van der Waals surface area contributed by atoms with Gasteiger partial charge in [-0.3, -0.25) is 19.3 Å². The molecular weight excluding hydrogens is 548 g/mol. The maximum Gasteiger partial charge on any atom is 0.407 e. The number of fused-ring (bicyclic) bond motifs is 3. The Morgan fingerprint density at radius 1 is 1.21 bits per heavy atom. The number of hydrogen-bond acceptors (Lipinski definition) is 11. The van der Waals surface area contributed by atoms with Crippen LogP contribution in [0, 0.1) is 11.8 Å². The number of aliphatic hydroxyl groups excluding tert-OH is 2. The monoisotopic (exact) mass is 584 g/mol. The first-order chi connectivity index (χ1) is 19.7. The number of Topliss-reactive ketones (excluding diaryl/α,β-unsaturated/α-hetero) is 2. The molecular formula is C29H36N4O9. The van der Waals surface area contributed by atoms with Crippen molar-refractivity contribution in [1.82, 2.24) is 10.2 Å². The average Bonchev–Trinajstić information content (AvgIpc) is 2.89. The summed E-state index contributed by atoms with van der Waals surface area (Å²) in [6, 6.07) is 0.566. The van der Waals surface area contributed by atoms with Crippen LogP contribution in [0.15, 0.2) is 41.4 Å². The number of aromatic hydroxyl groups is 1. The van der Waals surface area contributed by atoms with Crippen molar-refractivity contribution in [2.75, 3.05) is 39.7 Å². The molecule has 42 heavy (non-hydrogen) atoms. The van der Waals surface area contributed by atoms with Crippen LogP contribution in [-0.2, 0) is 27.3 Å². The molecule has 1 aromatic rings. The Labute approximate surface area is 242 Å². The number of hydrogen-bond donors (Lipinski definition) is 6. The maximum atomic E-state index is 14.0. The van der Waals surface area contributed by atoms with Crippen LogP contribution in [-0.4, -0.2) is 95.3 Å². The SMILES string of the molecule is C=CCCOC(=O)NCc1cc(N(C)C)c2c(c1O)C(=O)C1=C(O)C3(O)C(=O)C(C(N)=O)=C(O)C(N(C)C)C3CC1C2. The first-order valence-corrected chi connectivity index (χ1v) is 13.4. The van der Waals surface area contributed by atoms with Crippen LogP contribution in [0.4, 0.5) is 10.5 Å². The van der Waals surface area contributed by atoms with E-state index in [1.807, 2.05) is 0 Å². The predicted octanol–water partition coefficient (Wildman–Crippen LogP) is 0.989. The molecule has 2 amide bonds. The molecule has 0 aromatic heterocycles. The molecule has 13 heteroatoms. The van der Waals surface area contributed by atoms with Crippen LogP contribution in [0.3, 0.4) is 0 Å². The number of anilines is 1. The number of primary amides is 1. The van der Waals surface area contributed by atoms with Gasteiger partial charge in [0.2, 0.25) is 5.78 Å². The summed E-state index contributed by atoms with van der Waals surface area (Å²) >= 11 is 0. The lowest BCUT2D eigenvalue weighted by atomic mass is 9.58. The van der Waals surface area contributed by atoms with Crippen LogP contribution in [0.25, 0.3) is 0 Å². The summed E-state index contributed by atoms with van der Waals surface area (Å²) in [6.45, 7) is 3.48. The van der Waals surface area contributed by atoms with Gasteiger partial charge in [-0.05, 0) is 50.9 Å². The van der Waals surface area contributed by atoms with Gasteiger partial charge >= 0.3 is 6.09 Å². The molecule has 3 aliphatic carbocycles. The molecule has 13 nitrogen and oxygen atoms in total. The molecule has 1 aromatic carbocycles. The van der Waals surface area contributed by atoms with Gasteiger partial charge < -0.3 is 41.1 Å². The van der Waals surface area contributed by atoms with Crippen molar-refractivity contribution in [3.63, 3.8) is 0 Å². The summed E-state index contributed by atoms with van der Waals surface area (Å²) < 4.78 is 5.03. The minimum atomic E-state index is -2.72. The second-order valence-electron chi connectivity index (χ2n) is 11.2. The van der Waals surface area contributed by atoms with E-state index < -0.39 is 69.9 Å². The summed E-state index contributed by atoms with van der Waals surface area (Å²) in [5.41, 5.74) is 2.64. The Bertz CT molecular complexity index is 1440. The molecule has 0 saturated heterocycles. The standard InChI is InChI=1S/C29H36N4O9/c1-6-7-8-42-28(40)31-12-14-11-17(32(2)3)15-9-13-10-16-21(33(4)5)24(36)20(27(30)39)26(38)29(16,41)25(37)18(13)23(35)19(15)22(14)34/h6,11,13,16,21,34,36-37,41H,1,7-10,12H2,2-5H3,(H2,30,39)(H,31,40). The predicted molar refractivity (Wildman–Crippen MR) is 151 cm³/mol. The fourth-order valence-electron chi connectivity index (χ4n) is 6.34. The van der Waals surface area contributed by atoms with Crippen molar-refractivity contribution in [2.45, 2.75) is 37.5 Å². The van der Waals surface area contributed by atoms with Crippen LogP contribution < -0.4 is 16.0 Å². The summed E-state index contributed by atoms with van der Waals surface area (Å²) in [5, 5.41) is 47.9. The number of rotatable bonds is 8. The van der Waals surface area contributed by atoms with Gasteiger partial charge in [-0.2, -0.15) is 0 Å². The van der Waals surface area contributed by atoms with Crippen molar-refractivity contribution >= 4 is 29.3 Å². The Morgan fingerprint density at radius 2 is 1.88 bits per heavy atom. The van der Waals surface area contributed by atoms with Crippen LogP contribution in [0.1, 0.15) is 34.3 Å². The second kappa shape index (κ2) is 11.1. The number of nitrogens with one attached hydrogen (secondary N) is 1. The molecule has 0 fully saturated rings. The molecule has 0 heterocycles. The number of carbonyl (C=O) groups excluding carboxylic acids is 4. The smallest absolute Gasteiger partial charge is 0.407 e. The highest BCUT2D eigenvalue weighted by Crippen LogP contribution is 2.53. The number of ketones is 2. The lowest BCUT2D eigenvalue weighted by Crippen LogP contribution is -2.63. The Kier molecular flexibility index (Phi) is 8.11. The van der Waals surface area contributed by atoms with Crippen LogP contribution in [0.5, 0.6) is 5.75 Å². The van der Waals surface area contributed by atoms with E-state index in [-0.39, 0.29) is 42.7 Å². The molecule has 226 valence electrons. The molecule has 0 radical (unpaired) electrons. The van der Waals surface area contributed by atoms with E-state index in [9.17, 15) is 39.6 Å². The van der Waals surface area contributed by atoms with E-state index in [1.54, 1.807) is 45.2 Å². The van der Waals surface area contributed by atoms with Crippen molar-refractivity contribution in [2.24, 2.45) is 17.6 Å². The number of aliphatic hydroxyl groups is 3. The number of carbonyl (C=O) groups is 4. The van der Waals surface area contributed by atoms with Crippen LogP contribution >= 0.6 is 0 Å². The van der Waals surface area contributed by atoms with E-state index in [0.29, 0.717) is 17.7 Å². The molecule has 3 aliphatic rings. The molecule has 0 aliphatic heterocycles. The zero-order valence-electron chi connectivity index (χ0n) is 23.9. The Morgan fingerprint density at radius 3 is 2.45 bits per heavy atom. The highest BCUT2D eigenvalue weighted by molar-refractivity contribution is 6.25. The van der Waals surface area contributed by atoms with Gasteiger partial charge in [0.05, 0.1) is 18.2 Å². The normalized spacial score (nSPS) is 25.0. The third-order valence-electron chi connectivity index (χ3n) is 8.24. The molecule has 4 unspecified atom stereocenters. The minimum absolute atomic E-state index is 0.0146. The maximum absolute atomic E-state index is 14.0. The number of phenols is 1. The highest BCUT2D eigenvalue weighted by atomic mass is 16.5. The summed E-state index contributed by atoms with van der Waals surface area (Å²) in [6.07, 6.45) is 1.44. The molecule has 0 saturated carbocycles. The Hall–Kier alpha value is -4.36. The average molecular weight is 585 g/mol. The third kappa shape index (κ3) is 4.68. The van der Waals surface area contributed by atoms with Gasteiger partial charge in [-0.1, -0.05) is 6.08 Å². The number of allylic oxidation sites excluding steroid dienone is 1. The van der Waals surface area contributed by atoms with E-state index in [4.69, 9.17) is 10.5 Å². The van der Waals surface area contributed by atoms with Gasteiger partial charge in [0, 0.05) is 43.4 Å². The number of amides is 2. The number of phenolic OH excluding ortho intramolecular Hbond substituents is 1. The number of nitrogens with two attached hydrogens (primary N) is 1. The van der Waals surface area contributed by atoms with Gasteiger partial charge in [0.15, 0.2) is 11.4 Å². The summed E-state index contributed by atoms with van der Waals surface area (Å²) in [7, 11) is 6.63. The molecule has 0 bridgehead atoms. The molecule has 4 atom stereocenters. The summed E-state index contributed by atoms with van der Waals surface area (Å²) in [4.78, 5) is 55.0. The van der Waals surface area contributed by atoms with Gasteiger partial charge in [0.25, 0.3) is 5.91 Å². The fourth-order valence-corrected chi connectivity index (χ4v) is 6.34. The lowest BCUT2D eigenvalue weighted by molar-refractivity contribution is -0.148. The van der Waals surface area contributed by atoms with Crippen molar-refractivity contribution in [3.05, 3.63) is 58.1 Å². The fraction of sp³-hybridized carbons (Fsp3) is 0.448. The number of likely N-dealkylation sites (N-methyl/N-ethyl adjacent to an activating group) is 1. The van der Waals surface area contributed by atoms with Crippen molar-refractivity contribution < 1.29 is 44.3 Å². The first-order valence-electron chi connectivity index (χ1n) is 13.4. The van der Waals surface area contributed by atoms with Crippen LogP contribution in [0.2, 0.25) is 0 Å². The molecule has 7 N–H and O–H groups in total. The highest BCUT2D eigenvalue weighted by Gasteiger charge is 2.63. The number of nitrogens with zero attached hydrogens (tertiary/aromatic N) is 2. The van der Waals surface area contributed by atoms with Gasteiger partial charge in [0.1, 0.15) is 22.8 Å². The van der Waals surface area contributed by atoms with Crippen molar-refractivity contribution in [3.8, 4) is 5.75 Å². The molecule has 4 rings (SSSR count). The number of benzene rings is 1. The second-order valence-corrected chi connectivity index (χ2v) is 11.2. The topological polar surface area (TPSA) is 203 Å². The zero-order chi connectivity index (χ0) is 31.3. The van der Waals surface area contributed by atoms with E-state index in [1.165, 1.54) is 4.90 Å². The largest absolute Gasteiger partial charge is 0.510 e. The minimum Gasteiger partial charge on any atom is -0.510 e. The van der Waals surface area contributed by atoms with Gasteiger partial charge in [-0.25, -0.2) is 4.79 Å². The van der Waals surface area contributed by atoms with Gasteiger partial charge in [-0.15, -0.1) is 6.58 Å². The van der Waals surface area contributed by atoms with E-state index >= 15 is 0 Å². The summed E-state index contributed by atoms with van der Waals surface area (Å²) in [5.74, 6) is -7.21. The number of alkyl carbamates (subject to hydrolysis) is 1. The van der Waals surface area contributed by atoms with E-state index in [2.05, 4.69) is 11.9 Å². The third-order valence-corrected chi connectivity index (χ3v) is 8.24. The van der Waals surface area contributed by atoms with E-state index in [0.717, 1.165) is 0 Å². The quantitative estimate of drug-likeness (QED) is 0.144. The molecule has 0 spiro atoms. The van der Waals surface area contributed by atoms with Crippen molar-refractivity contribution in [1.29, 1.82) is 0 Å². The first kappa shape index (κ1) is 30.6. The lowest BCUT2D eigenvalue weighted by Gasteiger charge is -2.50. The Balaban J connectivity index is 1.83. The number of ether oxygens (including phenoxy) is 1. The zero-order valence-corrected chi connectivity index (χ0v) is 23.9.